The molecular weight excluding hydrogens is 414 g/mol. The molecule has 34 heavy (non-hydrogen) atoms. The minimum Gasteiger partial charge on any atom is -0.305 e. The Labute approximate surface area is 199 Å². The summed E-state index contributed by atoms with van der Waals surface area (Å²) in [5, 5.41) is 0. The van der Waals surface area contributed by atoms with Gasteiger partial charge in [-0.3, -0.25) is 4.40 Å². The predicted octanol–water partition coefficient (Wildman–Crippen LogP) is 7.49. The van der Waals surface area contributed by atoms with E-state index in [1.54, 1.807) is 0 Å². The zero-order valence-electron chi connectivity index (χ0n) is 19.1. The maximum atomic E-state index is 5.25. The van der Waals surface area contributed by atoms with Crippen LogP contribution in [-0.4, -0.2) is 14.0 Å². The van der Waals surface area contributed by atoms with Crippen LogP contribution in [0.2, 0.25) is 0 Å². The fourth-order valence-corrected chi connectivity index (χ4v) is 4.57. The molecule has 4 aromatic carbocycles. The van der Waals surface area contributed by atoms with Crippen LogP contribution in [-0.2, 0) is 6.54 Å². The molecule has 0 bridgehead atoms. The molecule has 6 aromatic rings. The number of rotatable bonds is 5. The first-order valence-electron chi connectivity index (χ1n) is 11.6. The number of aromatic nitrogens is 3. The van der Waals surface area contributed by atoms with E-state index < -0.39 is 0 Å². The third-order valence-corrected chi connectivity index (χ3v) is 6.30. The lowest BCUT2D eigenvalue weighted by molar-refractivity contribution is 0.826. The summed E-state index contributed by atoms with van der Waals surface area (Å²) < 4.78 is 4.59. The number of aryl methyl sites for hydroxylation is 1. The first-order chi connectivity index (χ1) is 16.8. The van der Waals surface area contributed by atoms with Crippen molar-refractivity contribution in [3.8, 4) is 33.8 Å². The van der Waals surface area contributed by atoms with Gasteiger partial charge >= 0.3 is 0 Å². The molecule has 0 fully saturated rings. The van der Waals surface area contributed by atoms with Gasteiger partial charge in [-0.25, -0.2) is 4.98 Å². The second kappa shape index (κ2) is 8.53. The first-order valence-corrected chi connectivity index (χ1v) is 11.6. The first kappa shape index (κ1) is 20.3. The van der Waals surface area contributed by atoms with Crippen molar-refractivity contribution in [1.82, 2.24) is 14.0 Å². The van der Waals surface area contributed by atoms with Crippen LogP contribution in [0.5, 0.6) is 0 Å². The summed E-state index contributed by atoms with van der Waals surface area (Å²) in [7, 11) is 0. The van der Waals surface area contributed by atoms with Crippen LogP contribution in [0, 0.1) is 6.92 Å². The van der Waals surface area contributed by atoms with Crippen LogP contribution in [0.1, 0.15) is 11.1 Å². The van der Waals surface area contributed by atoms with E-state index in [1.165, 1.54) is 16.7 Å². The second-order valence-corrected chi connectivity index (χ2v) is 8.66. The summed E-state index contributed by atoms with van der Waals surface area (Å²) in [6.45, 7) is 2.88. The van der Waals surface area contributed by atoms with Gasteiger partial charge in [0.15, 0.2) is 0 Å². The highest BCUT2D eigenvalue weighted by Crippen LogP contribution is 2.35. The molecule has 0 amide bonds. The highest BCUT2D eigenvalue weighted by atomic mass is 15.2. The Bertz CT molecular complexity index is 1540. The Morgan fingerprint density at radius 2 is 1.18 bits per heavy atom. The lowest BCUT2D eigenvalue weighted by Crippen LogP contribution is -2.02. The summed E-state index contributed by atoms with van der Waals surface area (Å²) >= 11 is 0. The fraction of sp³-hybridized carbons (Fsp3) is 0.0645. The maximum absolute atomic E-state index is 5.25. The molecule has 0 N–H and O–H groups in total. The second-order valence-electron chi connectivity index (χ2n) is 8.66. The van der Waals surface area contributed by atoms with Crippen LogP contribution in [0.15, 0.2) is 121 Å². The van der Waals surface area contributed by atoms with Gasteiger partial charge in [-0.2, -0.15) is 0 Å². The zero-order chi connectivity index (χ0) is 22.9. The Hall–Kier alpha value is -4.37. The Morgan fingerprint density at radius 3 is 1.79 bits per heavy atom. The van der Waals surface area contributed by atoms with Gasteiger partial charge in [-0.1, -0.05) is 121 Å². The van der Waals surface area contributed by atoms with Gasteiger partial charge in [0.05, 0.1) is 23.6 Å². The summed E-state index contributed by atoms with van der Waals surface area (Å²) in [5.41, 5.74) is 9.24. The Balaban J connectivity index is 1.64. The van der Waals surface area contributed by atoms with Crippen LogP contribution in [0.3, 0.4) is 0 Å². The highest BCUT2D eigenvalue weighted by molar-refractivity contribution is 5.82. The molecule has 0 aliphatic carbocycles. The van der Waals surface area contributed by atoms with E-state index in [2.05, 4.69) is 131 Å². The minimum atomic E-state index is 0.750. The van der Waals surface area contributed by atoms with Crippen molar-refractivity contribution in [2.45, 2.75) is 13.5 Å². The number of hydrogen-bond acceptors (Lipinski definition) is 1. The lowest BCUT2D eigenvalue weighted by Gasteiger charge is -2.10. The van der Waals surface area contributed by atoms with Gasteiger partial charge in [-0.05, 0) is 18.1 Å². The molecule has 2 heterocycles. The summed E-state index contributed by atoms with van der Waals surface area (Å²) in [4.78, 5) is 5.25. The average Bonchev–Trinajstić information content (AvgIpc) is 3.44. The lowest BCUT2D eigenvalue weighted by atomic mass is 10.0. The third kappa shape index (κ3) is 3.61. The number of hydrogen-bond donors (Lipinski definition) is 0. The predicted molar refractivity (Wildman–Crippen MR) is 140 cm³/mol. The van der Waals surface area contributed by atoms with Gasteiger partial charge < -0.3 is 4.57 Å². The molecule has 0 aliphatic heterocycles. The van der Waals surface area contributed by atoms with Crippen molar-refractivity contribution in [3.05, 3.63) is 133 Å². The van der Waals surface area contributed by atoms with Crippen molar-refractivity contribution in [2.24, 2.45) is 0 Å². The van der Waals surface area contributed by atoms with Gasteiger partial charge in [0, 0.05) is 17.3 Å². The molecule has 3 nitrogen and oxygen atoms in total. The molecule has 6 rings (SSSR count). The molecule has 0 saturated carbocycles. The summed E-state index contributed by atoms with van der Waals surface area (Å²) in [5.74, 6) is 0.942. The molecule has 0 radical (unpaired) electrons. The normalized spacial score (nSPS) is 11.2. The van der Waals surface area contributed by atoms with Crippen molar-refractivity contribution in [3.63, 3.8) is 0 Å². The zero-order valence-corrected chi connectivity index (χ0v) is 19.1. The number of imidazole rings is 2. The quantitative estimate of drug-likeness (QED) is 0.273. The molecule has 0 aliphatic rings. The largest absolute Gasteiger partial charge is 0.305 e. The van der Waals surface area contributed by atoms with Crippen LogP contribution >= 0.6 is 0 Å². The molecule has 3 heteroatoms. The molecule has 0 atom stereocenters. The topological polar surface area (TPSA) is 22.2 Å². The van der Waals surface area contributed by atoms with E-state index in [9.17, 15) is 0 Å². The standard InChI is InChI=1S/C31H25N3/c1-23-17-19-24(20-18-23)21-33-28(25-11-5-2-6-12-25)22-34-30(27-15-9-4-10-16-27)29(32-31(33)34)26-13-7-3-8-14-26/h2-20,22H,21H2,1H3. The van der Waals surface area contributed by atoms with E-state index in [0.29, 0.717) is 0 Å². The van der Waals surface area contributed by atoms with Crippen molar-refractivity contribution >= 4 is 5.78 Å². The monoisotopic (exact) mass is 439 g/mol. The van der Waals surface area contributed by atoms with Crippen molar-refractivity contribution in [2.75, 3.05) is 0 Å². The van der Waals surface area contributed by atoms with Gasteiger partial charge in [0.25, 0.3) is 0 Å². The summed E-state index contributed by atoms with van der Waals surface area (Å²) in [6, 6.07) is 40.4. The molecule has 164 valence electrons. The van der Waals surface area contributed by atoms with Crippen LogP contribution in [0.4, 0.5) is 0 Å². The molecule has 0 unspecified atom stereocenters. The van der Waals surface area contributed by atoms with Crippen LogP contribution in [0.25, 0.3) is 39.5 Å². The number of fused-ring (bicyclic) bond motifs is 1. The number of benzene rings is 4. The van der Waals surface area contributed by atoms with Crippen molar-refractivity contribution < 1.29 is 0 Å². The summed E-state index contributed by atoms with van der Waals surface area (Å²) in [6.07, 6.45) is 2.24. The van der Waals surface area contributed by atoms with E-state index >= 15 is 0 Å². The SMILES string of the molecule is Cc1ccc(Cn2c(-c3ccccc3)cn3c(-c4ccccc4)c(-c4ccccc4)nc23)cc1. The molecule has 0 saturated heterocycles. The van der Waals surface area contributed by atoms with Crippen molar-refractivity contribution in [1.29, 1.82) is 0 Å². The van der Waals surface area contributed by atoms with Gasteiger partial charge in [0.1, 0.15) is 0 Å². The van der Waals surface area contributed by atoms with E-state index in [4.69, 9.17) is 4.98 Å². The number of nitrogens with zero attached hydrogens (tertiary/aromatic N) is 3. The van der Waals surface area contributed by atoms with Gasteiger partial charge in [0.2, 0.25) is 5.78 Å². The maximum Gasteiger partial charge on any atom is 0.215 e. The molecular formula is C31H25N3. The fourth-order valence-electron chi connectivity index (χ4n) is 4.57. The van der Waals surface area contributed by atoms with E-state index in [-0.39, 0.29) is 0 Å². The highest BCUT2D eigenvalue weighted by Gasteiger charge is 2.21. The Morgan fingerprint density at radius 1 is 0.618 bits per heavy atom. The van der Waals surface area contributed by atoms with Crippen LogP contribution < -0.4 is 0 Å². The average molecular weight is 440 g/mol. The van der Waals surface area contributed by atoms with E-state index in [0.717, 1.165) is 40.5 Å². The minimum absolute atomic E-state index is 0.750. The molecule has 0 spiro atoms. The smallest absolute Gasteiger partial charge is 0.215 e. The van der Waals surface area contributed by atoms with E-state index in [1.807, 2.05) is 6.07 Å². The van der Waals surface area contributed by atoms with Gasteiger partial charge in [-0.15, -0.1) is 0 Å². The Kier molecular flexibility index (Phi) is 5.08. The molecule has 2 aromatic heterocycles. The third-order valence-electron chi connectivity index (χ3n) is 6.30.